The van der Waals surface area contributed by atoms with Gasteiger partial charge in [0.1, 0.15) is 11.6 Å². The third kappa shape index (κ3) is 6.86. The molecular formula is C31H34ClF2N5O2. The van der Waals surface area contributed by atoms with Crippen molar-refractivity contribution in [3.05, 3.63) is 88.5 Å². The maximum Gasteiger partial charge on any atom is 0.258 e. The van der Waals surface area contributed by atoms with Crippen molar-refractivity contribution in [1.82, 2.24) is 15.5 Å². The van der Waals surface area contributed by atoms with E-state index in [2.05, 4.69) is 38.3 Å². The molecule has 2 saturated heterocycles. The Kier molecular flexibility index (Phi) is 9.17. The molecule has 1 aromatic heterocycles. The molecule has 0 radical (unpaired) electrons. The highest BCUT2D eigenvalue weighted by molar-refractivity contribution is 6.10. The molecule has 6 rings (SSSR count). The quantitative estimate of drug-likeness (QED) is 0.210. The lowest BCUT2D eigenvalue weighted by Crippen LogP contribution is -2.29. The first-order valence-electron chi connectivity index (χ1n) is 13.9. The van der Waals surface area contributed by atoms with Gasteiger partial charge in [0.05, 0.1) is 11.1 Å². The summed E-state index contributed by atoms with van der Waals surface area (Å²) < 4.78 is 32.9. The van der Waals surface area contributed by atoms with Gasteiger partial charge in [0.25, 0.3) is 5.91 Å². The van der Waals surface area contributed by atoms with Crippen LogP contribution < -0.4 is 16.0 Å². The zero-order valence-corrected chi connectivity index (χ0v) is 23.5. The molecule has 0 aliphatic carbocycles. The number of ether oxygens (including phenoxy) is 1. The Bertz CT molecular complexity index is 1500. The van der Waals surface area contributed by atoms with Crippen LogP contribution in [0.25, 0.3) is 10.9 Å². The van der Waals surface area contributed by atoms with Crippen molar-refractivity contribution in [2.75, 3.05) is 36.9 Å². The fraction of sp³-hybridized carbons (Fsp3) is 0.355. The Labute approximate surface area is 243 Å². The van der Waals surface area contributed by atoms with Crippen LogP contribution in [-0.2, 0) is 11.2 Å². The molecule has 4 N–H and O–H groups in total. The lowest BCUT2D eigenvalue weighted by molar-refractivity contribution is 0.0904. The fourth-order valence-electron chi connectivity index (χ4n) is 5.74. The van der Waals surface area contributed by atoms with E-state index in [-0.39, 0.29) is 24.4 Å². The highest BCUT2D eigenvalue weighted by Crippen LogP contribution is 2.31. The summed E-state index contributed by atoms with van der Waals surface area (Å²) in [5, 5.41) is 18.1. The van der Waals surface area contributed by atoms with Crippen LogP contribution in [-0.4, -0.2) is 48.4 Å². The SMILES string of the molecule is Cl.O=C(Nc1n[nH]c2ccc(Cc3cc(F)cc(F)c3)cc12)c1ccc(C2CCNCC2)cc1NC1CCOCC1. The topological polar surface area (TPSA) is 91.1 Å². The zero-order valence-electron chi connectivity index (χ0n) is 22.6. The largest absolute Gasteiger partial charge is 0.381 e. The highest BCUT2D eigenvalue weighted by atomic mass is 35.5. The molecule has 2 fully saturated rings. The third-order valence-electron chi connectivity index (χ3n) is 7.87. The van der Waals surface area contributed by atoms with Gasteiger partial charge in [0.15, 0.2) is 5.82 Å². The molecule has 0 bridgehead atoms. The first-order chi connectivity index (χ1) is 19.5. The summed E-state index contributed by atoms with van der Waals surface area (Å²) in [6.07, 6.45) is 4.28. The molecule has 0 spiro atoms. The predicted octanol–water partition coefficient (Wildman–Crippen LogP) is 6.16. The molecule has 10 heteroatoms. The molecule has 2 aliphatic rings. The fourth-order valence-corrected chi connectivity index (χ4v) is 5.74. The minimum Gasteiger partial charge on any atom is -0.381 e. The average molecular weight is 582 g/mol. The van der Waals surface area contributed by atoms with E-state index in [0.717, 1.165) is 67.0 Å². The van der Waals surface area contributed by atoms with Gasteiger partial charge < -0.3 is 20.7 Å². The Balaban J connectivity index is 0.00000337. The number of carbonyl (C=O) groups is 1. The molecule has 7 nitrogen and oxygen atoms in total. The van der Waals surface area contributed by atoms with Crippen molar-refractivity contribution in [2.24, 2.45) is 0 Å². The number of rotatable bonds is 7. The van der Waals surface area contributed by atoms with Gasteiger partial charge in [-0.3, -0.25) is 9.89 Å². The number of piperidine rings is 1. The maximum absolute atomic E-state index is 13.7. The summed E-state index contributed by atoms with van der Waals surface area (Å²) in [6.45, 7) is 3.41. The second-order valence-electron chi connectivity index (χ2n) is 10.7. The lowest BCUT2D eigenvalue weighted by Gasteiger charge is -2.27. The van der Waals surface area contributed by atoms with Gasteiger partial charge in [-0.2, -0.15) is 5.10 Å². The number of amides is 1. The maximum atomic E-state index is 13.7. The summed E-state index contributed by atoms with van der Waals surface area (Å²) >= 11 is 0. The van der Waals surface area contributed by atoms with Crippen LogP contribution in [0.4, 0.5) is 20.3 Å². The van der Waals surface area contributed by atoms with E-state index < -0.39 is 11.6 Å². The van der Waals surface area contributed by atoms with Crippen LogP contribution in [0.2, 0.25) is 0 Å². The second-order valence-corrected chi connectivity index (χ2v) is 10.7. The summed E-state index contributed by atoms with van der Waals surface area (Å²) in [5.41, 5.74) is 4.77. The minimum atomic E-state index is -0.608. The normalized spacial score (nSPS) is 16.3. The van der Waals surface area contributed by atoms with Gasteiger partial charge in [-0.15, -0.1) is 12.4 Å². The summed E-state index contributed by atoms with van der Waals surface area (Å²) in [5.74, 6) is -0.592. The van der Waals surface area contributed by atoms with Gasteiger partial charge in [0.2, 0.25) is 0 Å². The molecular weight excluding hydrogens is 548 g/mol. The van der Waals surface area contributed by atoms with Crippen LogP contribution in [0.3, 0.4) is 0 Å². The van der Waals surface area contributed by atoms with Gasteiger partial charge in [-0.05, 0) is 104 Å². The number of benzene rings is 3. The number of anilines is 2. The molecule has 41 heavy (non-hydrogen) atoms. The number of aromatic nitrogens is 2. The molecule has 216 valence electrons. The standard InChI is InChI=1S/C31H33F2N5O2.ClH/c32-23-14-20(15-24(33)18-23)13-19-1-4-28-27(16-19)30(38-37-28)36-31(39)26-3-2-22(21-5-9-34-10-6-21)17-29(26)35-25-7-11-40-12-8-25;/h1-4,14-18,21,25,34-35H,5-13H2,(H2,36,37,38,39);1H. The second kappa shape index (κ2) is 13.0. The van der Waals surface area contributed by atoms with Crippen molar-refractivity contribution in [3.8, 4) is 0 Å². The average Bonchev–Trinajstić information content (AvgIpc) is 3.35. The molecule has 0 atom stereocenters. The van der Waals surface area contributed by atoms with Crippen LogP contribution >= 0.6 is 12.4 Å². The van der Waals surface area contributed by atoms with Crippen LogP contribution in [0, 0.1) is 11.6 Å². The van der Waals surface area contributed by atoms with E-state index in [1.54, 1.807) is 0 Å². The molecule has 0 saturated carbocycles. The van der Waals surface area contributed by atoms with Crippen LogP contribution in [0.5, 0.6) is 0 Å². The lowest BCUT2D eigenvalue weighted by atomic mass is 9.89. The van der Waals surface area contributed by atoms with Crippen molar-refractivity contribution >= 4 is 40.7 Å². The molecule has 3 aromatic carbocycles. The van der Waals surface area contributed by atoms with Crippen molar-refractivity contribution in [1.29, 1.82) is 0 Å². The molecule has 1 amide bonds. The highest BCUT2D eigenvalue weighted by Gasteiger charge is 2.22. The summed E-state index contributed by atoms with van der Waals surface area (Å²) in [4.78, 5) is 13.6. The summed E-state index contributed by atoms with van der Waals surface area (Å²) in [7, 11) is 0. The number of nitrogens with zero attached hydrogens (tertiary/aromatic N) is 1. The van der Waals surface area contributed by atoms with Crippen molar-refractivity contribution in [3.63, 3.8) is 0 Å². The number of carbonyl (C=O) groups excluding carboxylic acids is 1. The van der Waals surface area contributed by atoms with Crippen LogP contribution in [0.15, 0.2) is 54.6 Å². The summed E-state index contributed by atoms with van der Waals surface area (Å²) in [6, 6.07) is 15.5. The van der Waals surface area contributed by atoms with E-state index in [9.17, 15) is 13.6 Å². The number of H-pyrrole nitrogens is 1. The third-order valence-corrected chi connectivity index (χ3v) is 7.87. The Hall–Kier alpha value is -3.53. The zero-order chi connectivity index (χ0) is 27.5. The Morgan fingerprint density at radius 3 is 2.44 bits per heavy atom. The number of hydrogen-bond donors (Lipinski definition) is 4. The van der Waals surface area contributed by atoms with Crippen LogP contribution in [0.1, 0.15) is 58.6 Å². The minimum absolute atomic E-state index is 0. The molecule has 3 heterocycles. The van der Waals surface area contributed by atoms with Crippen molar-refractivity contribution in [2.45, 2.75) is 44.1 Å². The molecule has 0 unspecified atom stereocenters. The molecule has 4 aromatic rings. The molecule has 2 aliphatic heterocycles. The smallest absolute Gasteiger partial charge is 0.258 e. The first kappa shape index (κ1) is 29.0. The van der Waals surface area contributed by atoms with Gasteiger partial charge in [-0.25, -0.2) is 8.78 Å². The van der Waals surface area contributed by atoms with E-state index >= 15 is 0 Å². The van der Waals surface area contributed by atoms with Crippen molar-refractivity contribution < 1.29 is 18.3 Å². The Morgan fingerprint density at radius 1 is 0.927 bits per heavy atom. The van der Waals surface area contributed by atoms with Gasteiger partial charge in [-0.1, -0.05) is 12.1 Å². The van der Waals surface area contributed by atoms with E-state index in [1.165, 1.54) is 17.7 Å². The van der Waals surface area contributed by atoms with Gasteiger partial charge >= 0.3 is 0 Å². The number of fused-ring (bicyclic) bond motifs is 1. The van der Waals surface area contributed by atoms with E-state index in [4.69, 9.17) is 4.74 Å². The van der Waals surface area contributed by atoms with E-state index in [0.29, 0.717) is 42.5 Å². The Morgan fingerprint density at radius 2 is 1.68 bits per heavy atom. The monoisotopic (exact) mass is 581 g/mol. The number of halogens is 3. The van der Waals surface area contributed by atoms with Gasteiger partial charge in [0, 0.05) is 36.4 Å². The first-order valence-corrected chi connectivity index (χ1v) is 13.9. The number of hydrogen-bond acceptors (Lipinski definition) is 5. The number of nitrogens with one attached hydrogen (secondary N) is 4. The number of aromatic amines is 1. The predicted molar refractivity (Wildman–Crippen MR) is 159 cm³/mol. The van der Waals surface area contributed by atoms with E-state index in [1.807, 2.05) is 24.3 Å².